The average Bonchev–Trinajstić information content (AvgIpc) is 3.03. The van der Waals surface area contributed by atoms with Crippen molar-refractivity contribution in [1.82, 2.24) is 9.55 Å². The van der Waals surface area contributed by atoms with Gasteiger partial charge in [-0.25, -0.2) is 9.78 Å². The van der Waals surface area contributed by atoms with E-state index in [4.69, 9.17) is 18.9 Å². The minimum absolute atomic E-state index is 0.242. The van der Waals surface area contributed by atoms with Crippen LogP contribution in [0, 0.1) is 17.8 Å². The Labute approximate surface area is 180 Å². The number of esters is 3. The molecule has 1 fully saturated rings. The Morgan fingerprint density at radius 1 is 0.968 bits per heavy atom. The first-order valence-corrected chi connectivity index (χ1v) is 10.3. The van der Waals surface area contributed by atoms with Crippen LogP contribution in [0.1, 0.15) is 47.8 Å². The molecule has 0 aromatic carbocycles. The third-order valence-electron chi connectivity index (χ3n) is 4.61. The predicted molar refractivity (Wildman–Crippen MR) is 108 cm³/mol. The van der Waals surface area contributed by atoms with E-state index in [9.17, 15) is 19.2 Å². The highest BCUT2D eigenvalue weighted by Crippen LogP contribution is 2.34. The first-order valence-electron chi connectivity index (χ1n) is 10.3. The molecule has 4 atom stereocenters. The fourth-order valence-electron chi connectivity index (χ4n) is 2.77. The maximum Gasteiger partial charge on any atom is 0.349 e. The van der Waals surface area contributed by atoms with E-state index in [2.05, 4.69) is 4.98 Å². The normalized spacial score (nSPS) is 23.3. The number of hydrogen-bond acceptors (Lipinski definition) is 9. The summed E-state index contributed by atoms with van der Waals surface area (Å²) in [5, 5.41) is 0. The maximum atomic E-state index is 12.4. The van der Waals surface area contributed by atoms with Gasteiger partial charge in [-0.2, -0.15) is 0 Å². The molecule has 1 aromatic heterocycles. The quantitative estimate of drug-likeness (QED) is 0.438. The summed E-state index contributed by atoms with van der Waals surface area (Å²) in [6, 6.07) is 1.52. The summed E-state index contributed by atoms with van der Waals surface area (Å²) in [6.45, 7) is 9.74. The molecule has 1 saturated heterocycles. The summed E-state index contributed by atoms with van der Waals surface area (Å²) in [5.74, 6) is -2.86. The molecule has 0 bridgehead atoms. The number of ether oxygens (including phenoxy) is 4. The number of rotatable bonds is 8. The van der Waals surface area contributed by atoms with Crippen molar-refractivity contribution in [1.29, 1.82) is 0 Å². The van der Waals surface area contributed by atoms with Crippen molar-refractivity contribution >= 4 is 17.9 Å². The van der Waals surface area contributed by atoms with Crippen LogP contribution in [0.3, 0.4) is 0 Å². The van der Waals surface area contributed by atoms with Crippen LogP contribution in [-0.4, -0.2) is 52.4 Å². The molecular weight excluding hydrogens is 408 g/mol. The molecule has 0 N–H and O–H groups in total. The van der Waals surface area contributed by atoms with Crippen molar-refractivity contribution in [3.63, 3.8) is 0 Å². The van der Waals surface area contributed by atoms with Gasteiger partial charge in [-0.1, -0.05) is 41.5 Å². The van der Waals surface area contributed by atoms with Crippen LogP contribution >= 0.6 is 0 Å². The van der Waals surface area contributed by atoms with Crippen molar-refractivity contribution in [2.24, 2.45) is 17.8 Å². The molecule has 2 heterocycles. The number of nitrogens with zero attached hydrogens (tertiary/aromatic N) is 2. The zero-order valence-electron chi connectivity index (χ0n) is 18.6. The third kappa shape index (κ3) is 6.13. The lowest BCUT2D eigenvalue weighted by Crippen LogP contribution is -2.43. The predicted octanol–water partition coefficient (Wildman–Crippen LogP) is 1.48. The zero-order valence-corrected chi connectivity index (χ0v) is 18.6. The molecule has 31 heavy (non-hydrogen) atoms. The van der Waals surface area contributed by atoms with E-state index in [1.54, 1.807) is 41.5 Å². The van der Waals surface area contributed by atoms with Gasteiger partial charge in [-0.05, 0) is 6.07 Å². The molecular formula is C21H30N2O8. The van der Waals surface area contributed by atoms with Crippen LogP contribution in [0.5, 0.6) is 0 Å². The Morgan fingerprint density at radius 2 is 1.52 bits per heavy atom. The van der Waals surface area contributed by atoms with Crippen LogP contribution in [0.4, 0.5) is 0 Å². The first-order chi connectivity index (χ1) is 14.5. The minimum Gasteiger partial charge on any atom is -0.463 e. The van der Waals surface area contributed by atoms with Gasteiger partial charge in [0.2, 0.25) is 0 Å². The third-order valence-corrected chi connectivity index (χ3v) is 4.61. The lowest BCUT2D eigenvalue weighted by atomic mass is 10.1. The molecule has 10 nitrogen and oxygen atoms in total. The Bertz CT molecular complexity index is 848. The fraction of sp³-hybridized carbons (Fsp3) is 0.667. The van der Waals surface area contributed by atoms with Gasteiger partial charge in [0.15, 0.2) is 18.4 Å². The summed E-state index contributed by atoms with van der Waals surface area (Å²) in [7, 11) is 0. The summed E-state index contributed by atoms with van der Waals surface area (Å²) >= 11 is 0. The van der Waals surface area contributed by atoms with Gasteiger partial charge in [0.05, 0.1) is 17.8 Å². The van der Waals surface area contributed by atoms with Crippen molar-refractivity contribution in [2.45, 2.75) is 66.1 Å². The number of aromatic nitrogens is 2. The molecule has 0 aliphatic carbocycles. The van der Waals surface area contributed by atoms with Crippen LogP contribution in [0.2, 0.25) is 0 Å². The fourth-order valence-corrected chi connectivity index (χ4v) is 2.77. The highest BCUT2D eigenvalue weighted by molar-refractivity contribution is 5.73. The van der Waals surface area contributed by atoms with Crippen LogP contribution in [0.25, 0.3) is 0 Å². The second-order valence-corrected chi connectivity index (χ2v) is 8.27. The lowest BCUT2D eigenvalue weighted by molar-refractivity contribution is -0.173. The van der Waals surface area contributed by atoms with E-state index in [-0.39, 0.29) is 12.5 Å². The molecule has 2 unspecified atom stereocenters. The van der Waals surface area contributed by atoms with Crippen molar-refractivity contribution in [2.75, 3.05) is 6.61 Å². The molecule has 0 saturated carbocycles. The van der Waals surface area contributed by atoms with E-state index in [0.29, 0.717) is 0 Å². The highest BCUT2D eigenvalue weighted by atomic mass is 16.7. The topological polar surface area (TPSA) is 123 Å². The standard InChI is InChI=1S/C21H30N2O8/c1-11(2)18(24)28-10-14-15(30-19(25)12(3)4)16(31-20(26)13(5)6)17(29-14)23-9-7-8-22-21(23)27/h7-9,11-17H,10H2,1-6H3/t14-,15?,16?,17-/m1/s1. The van der Waals surface area contributed by atoms with Crippen molar-refractivity contribution in [3.05, 3.63) is 28.9 Å². The van der Waals surface area contributed by atoms with E-state index in [1.807, 2.05) is 0 Å². The van der Waals surface area contributed by atoms with Gasteiger partial charge < -0.3 is 18.9 Å². The second-order valence-electron chi connectivity index (χ2n) is 8.27. The summed E-state index contributed by atoms with van der Waals surface area (Å²) in [4.78, 5) is 52.7. The van der Waals surface area contributed by atoms with E-state index >= 15 is 0 Å². The molecule has 1 aliphatic heterocycles. The van der Waals surface area contributed by atoms with Gasteiger partial charge in [0, 0.05) is 12.4 Å². The number of carbonyl (C=O) groups is 3. The van der Waals surface area contributed by atoms with Gasteiger partial charge in [-0.3, -0.25) is 19.0 Å². The Balaban J connectivity index is 2.42. The molecule has 10 heteroatoms. The Morgan fingerprint density at radius 3 is 2.03 bits per heavy atom. The van der Waals surface area contributed by atoms with Crippen molar-refractivity contribution in [3.8, 4) is 0 Å². The van der Waals surface area contributed by atoms with Gasteiger partial charge >= 0.3 is 23.6 Å². The van der Waals surface area contributed by atoms with Gasteiger partial charge in [0.25, 0.3) is 0 Å². The van der Waals surface area contributed by atoms with Crippen LogP contribution in [-0.2, 0) is 33.3 Å². The largest absolute Gasteiger partial charge is 0.463 e. The summed E-state index contributed by atoms with van der Waals surface area (Å²) < 4.78 is 23.6. The maximum absolute atomic E-state index is 12.4. The molecule has 0 radical (unpaired) electrons. The molecule has 0 amide bonds. The molecule has 0 spiro atoms. The first kappa shape index (κ1) is 24.5. The van der Waals surface area contributed by atoms with Crippen LogP contribution in [0.15, 0.2) is 23.3 Å². The molecule has 1 aliphatic rings. The molecule has 1 aromatic rings. The monoisotopic (exact) mass is 438 g/mol. The Hall–Kier alpha value is -2.75. The summed E-state index contributed by atoms with van der Waals surface area (Å²) in [6.07, 6.45) is -1.54. The van der Waals surface area contributed by atoms with Crippen LogP contribution < -0.4 is 5.69 Å². The highest BCUT2D eigenvalue weighted by Gasteiger charge is 2.51. The van der Waals surface area contributed by atoms with E-state index < -0.39 is 60.0 Å². The van der Waals surface area contributed by atoms with Gasteiger partial charge in [0.1, 0.15) is 12.7 Å². The Kier molecular flexibility index (Phi) is 8.32. The minimum atomic E-state index is -1.14. The van der Waals surface area contributed by atoms with E-state index in [0.717, 1.165) is 4.57 Å². The van der Waals surface area contributed by atoms with Crippen molar-refractivity contribution < 1.29 is 33.3 Å². The summed E-state index contributed by atoms with van der Waals surface area (Å²) in [5.41, 5.74) is -0.633. The number of carbonyl (C=O) groups excluding carboxylic acids is 3. The van der Waals surface area contributed by atoms with Gasteiger partial charge in [-0.15, -0.1) is 0 Å². The smallest absolute Gasteiger partial charge is 0.349 e. The lowest BCUT2D eigenvalue weighted by Gasteiger charge is -2.26. The number of hydrogen-bond donors (Lipinski definition) is 0. The SMILES string of the molecule is CC(C)C(=O)OC[C@H]1O[C@@H](n2cccnc2=O)C(OC(=O)C(C)C)C1OC(=O)C(C)C. The molecule has 2 rings (SSSR count). The second kappa shape index (κ2) is 10.5. The average molecular weight is 438 g/mol. The molecule has 172 valence electrons. The van der Waals surface area contributed by atoms with E-state index in [1.165, 1.54) is 18.5 Å². The zero-order chi connectivity index (χ0) is 23.3.